The van der Waals surface area contributed by atoms with Gasteiger partial charge in [0.1, 0.15) is 0 Å². The van der Waals surface area contributed by atoms with Gasteiger partial charge < -0.3 is 15.4 Å². The van der Waals surface area contributed by atoms with E-state index in [9.17, 15) is 4.79 Å². The van der Waals surface area contributed by atoms with E-state index < -0.39 is 5.97 Å². The molecule has 0 unspecified atom stereocenters. The van der Waals surface area contributed by atoms with E-state index >= 15 is 0 Å². The Morgan fingerprint density at radius 3 is 2.84 bits per heavy atom. The van der Waals surface area contributed by atoms with Gasteiger partial charge in [0.25, 0.3) is 0 Å². The third kappa shape index (κ3) is 1.97. The first-order valence-corrected chi connectivity index (χ1v) is 6.35. The van der Waals surface area contributed by atoms with Crippen LogP contribution in [0, 0.1) is 0 Å². The molecule has 0 aliphatic heterocycles. The lowest BCUT2D eigenvalue weighted by Gasteiger charge is -2.14. The van der Waals surface area contributed by atoms with Crippen LogP contribution in [0.15, 0.2) is 24.5 Å². The Kier molecular flexibility index (Phi) is 2.74. The Labute approximate surface area is 110 Å². The standard InChI is InChI=1S/C14H15N3O2/c15-11-7-9(5-6-10(11)14(18)19)17-8-16-12-3-1-2-4-13(12)17/h5-8H,1-4,15H2,(H,18,19). The molecule has 3 rings (SSSR count). The van der Waals surface area contributed by atoms with Gasteiger partial charge in [-0.3, -0.25) is 0 Å². The number of nitrogens with zero attached hydrogens (tertiary/aromatic N) is 2. The first kappa shape index (κ1) is 11.8. The number of nitrogens with two attached hydrogens (primary N) is 1. The number of rotatable bonds is 2. The number of hydrogen-bond donors (Lipinski definition) is 2. The summed E-state index contributed by atoms with van der Waals surface area (Å²) < 4.78 is 2.01. The summed E-state index contributed by atoms with van der Waals surface area (Å²) >= 11 is 0. The van der Waals surface area contributed by atoms with Gasteiger partial charge in [-0.25, -0.2) is 9.78 Å². The molecule has 0 saturated heterocycles. The second-order valence-corrected chi connectivity index (χ2v) is 4.79. The van der Waals surface area contributed by atoms with Crippen molar-refractivity contribution in [2.75, 3.05) is 5.73 Å². The quantitative estimate of drug-likeness (QED) is 0.806. The van der Waals surface area contributed by atoms with Crippen molar-refractivity contribution in [1.82, 2.24) is 9.55 Å². The van der Waals surface area contributed by atoms with Crippen molar-refractivity contribution in [3.63, 3.8) is 0 Å². The molecule has 1 aromatic heterocycles. The molecule has 0 bridgehead atoms. The van der Waals surface area contributed by atoms with Crippen LogP contribution < -0.4 is 5.73 Å². The average molecular weight is 257 g/mol. The third-order valence-electron chi connectivity index (χ3n) is 3.57. The number of carboxylic acids is 1. The molecule has 2 aromatic rings. The fourth-order valence-electron chi connectivity index (χ4n) is 2.59. The van der Waals surface area contributed by atoms with E-state index in [4.69, 9.17) is 10.8 Å². The van der Waals surface area contributed by atoms with Crippen LogP contribution in [0.4, 0.5) is 5.69 Å². The monoisotopic (exact) mass is 257 g/mol. The number of carboxylic acid groups (broad SMARTS) is 1. The van der Waals surface area contributed by atoms with Crippen LogP contribution in [0.2, 0.25) is 0 Å². The molecule has 0 amide bonds. The highest BCUT2D eigenvalue weighted by molar-refractivity contribution is 5.94. The number of nitrogen functional groups attached to an aromatic ring is 1. The number of fused-ring (bicyclic) bond motifs is 1. The molecular weight excluding hydrogens is 242 g/mol. The van der Waals surface area contributed by atoms with Crippen LogP contribution >= 0.6 is 0 Å². The smallest absolute Gasteiger partial charge is 0.337 e. The number of carbonyl (C=O) groups is 1. The summed E-state index contributed by atoms with van der Waals surface area (Å²) in [6.45, 7) is 0. The van der Waals surface area contributed by atoms with E-state index in [1.807, 2.05) is 4.57 Å². The van der Waals surface area contributed by atoms with Crippen LogP contribution in [-0.4, -0.2) is 20.6 Å². The van der Waals surface area contributed by atoms with Crippen molar-refractivity contribution in [3.05, 3.63) is 41.5 Å². The highest BCUT2D eigenvalue weighted by atomic mass is 16.4. The summed E-state index contributed by atoms with van der Waals surface area (Å²) in [6.07, 6.45) is 6.18. The number of aromatic nitrogens is 2. The first-order valence-electron chi connectivity index (χ1n) is 6.35. The van der Waals surface area contributed by atoms with Gasteiger partial charge in [-0.2, -0.15) is 0 Å². The van der Waals surface area contributed by atoms with Crippen molar-refractivity contribution in [1.29, 1.82) is 0 Å². The Bertz CT molecular complexity index is 646. The number of anilines is 1. The zero-order chi connectivity index (χ0) is 13.4. The van der Waals surface area contributed by atoms with Crippen LogP contribution in [0.25, 0.3) is 5.69 Å². The van der Waals surface area contributed by atoms with Crippen LogP contribution in [0.3, 0.4) is 0 Å². The second kappa shape index (κ2) is 4.42. The lowest BCUT2D eigenvalue weighted by Crippen LogP contribution is -2.08. The zero-order valence-corrected chi connectivity index (χ0v) is 10.5. The summed E-state index contributed by atoms with van der Waals surface area (Å²) in [4.78, 5) is 15.4. The summed E-state index contributed by atoms with van der Waals surface area (Å²) in [5.74, 6) is -1.00. The Morgan fingerprint density at radius 1 is 1.32 bits per heavy atom. The van der Waals surface area contributed by atoms with Crippen LogP contribution in [-0.2, 0) is 12.8 Å². The third-order valence-corrected chi connectivity index (χ3v) is 3.57. The second-order valence-electron chi connectivity index (χ2n) is 4.79. The molecule has 1 aliphatic rings. The topological polar surface area (TPSA) is 81.1 Å². The summed E-state index contributed by atoms with van der Waals surface area (Å²) in [5, 5.41) is 8.98. The van der Waals surface area contributed by atoms with Gasteiger partial charge in [0.05, 0.1) is 17.6 Å². The molecule has 0 radical (unpaired) electrons. The maximum absolute atomic E-state index is 11.0. The number of aryl methyl sites for hydroxylation is 1. The Morgan fingerprint density at radius 2 is 2.11 bits per heavy atom. The molecule has 0 fully saturated rings. The highest BCUT2D eigenvalue weighted by Gasteiger charge is 2.17. The van der Waals surface area contributed by atoms with Gasteiger partial charge in [-0.15, -0.1) is 0 Å². The van der Waals surface area contributed by atoms with Crippen molar-refractivity contribution < 1.29 is 9.90 Å². The lowest BCUT2D eigenvalue weighted by atomic mass is 10.0. The van der Waals surface area contributed by atoms with Crippen LogP contribution in [0.1, 0.15) is 34.6 Å². The molecular formula is C14H15N3O2. The fourth-order valence-corrected chi connectivity index (χ4v) is 2.59. The molecule has 19 heavy (non-hydrogen) atoms. The lowest BCUT2D eigenvalue weighted by molar-refractivity contribution is 0.0698. The van der Waals surface area contributed by atoms with Gasteiger partial charge in [-0.1, -0.05) is 0 Å². The van der Waals surface area contributed by atoms with Gasteiger partial charge >= 0.3 is 5.97 Å². The minimum absolute atomic E-state index is 0.137. The number of benzene rings is 1. The largest absolute Gasteiger partial charge is 0.478 e. The number of imidazole rings is 1. The predicted octanol–water partition coefficient (Wildman–Crippen LogP) is 2.03. The fraction of sp³-hybridized carbons (Fsp3) is 0.286. The predicted molar refractivity (Wildman–Crippen MR) is 71.6 cm³/mol. The summed E-state index contributed by atoms with van der Waals surface area (Å²) in [7, 11) is 0. The average Bonchev–Trinajstić information content (AvgIpc) is 2.82. The van der Waals surface area contributed by atoms with Gasteiger partial charge in [0, 0.05) is 17.1 Å². The molecule has 5 nitrogen and oxygen atoms in total. The Balaban J connectivity index is 2.05. The van der Waals surface area contributed by atoms with E-state index in [0.29, 0.717) is 0 Å². The normalized spacial score (nSPS) is 14.1. The maximum atomic E-state index is 11.0. The maximum Gasteiger partial charge on any atom is 0.337 e. The summed E-state index contributed by atoms with van der Waals surface area (Å²) in [6, 6.07) is 5.01. The number of aromatic carboxylic acids is 1. The molecule has 0 spiro atoms. The molecule has 3 N–H and O–H groups in total. The molecule has 5 heteroatoms. The zero-order valence-electron chi connectivity index (χ0n) is 10.5. The van der Waals surface area contributed by atoms with Gasteiger partial charge in [0.2, 0.25) is 0 Å². The SMILES string of the molecule is Nc1cc(-n2cnc3c2CCCC3)ccc1C(=O)O. The van der Waals surface area contributed by atoms with E-state index in [0.717, 1.165) is 24.2 Å². The molecule has 98 valence electrons. The molecule has 1 aliphatic carbocycles. The van der Waals surface area contributed by atoms with Crippen molar-refractivity contribution in [2.24, 2.45) is 0 Å². The summed E-state index contributed by atoms with van der Waals surface area (Å²) in [5.41, 5.74) is 9.44. The highest BCUT2D eigenvalue weighted by Crippen LogP contribution is 2.25. The first-order chi connectivity index (χ1) is 9.16. The molecule has 1 heterocycles. The number of hydrogen-bond acceptors (Lipinski definition) is 3. The van der Waals surface area contributed by atoms with Crippen LogP contribution in [0.5, 0.6) is 0 Å². The Hall–Kier alpha value is -2.30. The van der Waals surface area contributed by atoms with E-state index in [-0.39, 0.29) is 11.3 Å². The molecule has 0 atom stereocenters. The minimum Gasteiger partial charge on any atom is -0.478 e. The van der Waals surface area contributed by atoms with E-state index in [2.05, 4.69) is 4.98 Å². The van der Waals surface area contributed by atoms with E-state index in [1.54, 1.807) is 24.5 Å². The van der Waals surface area contributed by atoms with Crippen molar-refractivity contribution >= 4 is 11.7 Å². The van der Waals surface area contributed by atoms with E-state index in [1.165, 1.54) is 18.5 Å². The van der Waals surface area contributed by atoms with Gasteiger partial charge in [-0.05, 0) is 43.9 Å². The minimum atomic E-state index is -1.00. The molecule has 1 aromatic carbocycles. The van der Waals surface area contributed by atoms with Crippen molar-refractivity contribution in [3.8, 4) is 5.69 Å². The van der Waals surface area contributed by atoms with Crippen molar-refractivity contribution in [2.45, 2.75) is 25.7 Å². The van der Waals surface area contributed by atoms with Gasteiger partial charge in [0.15, 0.2) is 0 Å². The molecule has 0 saturated carbocycles.